The lowest BCUT2D eigenvalue weighted by Crippen LogP contribution is -2.34. The van der Waals surface area contributed by atoms with Crippen LogP contribution in [0.15, 0.2) is 54.6 Å². The van der Waals surface area contributed by atoms with E-state index in [2.05, 4.69) is 10.6 Å². The minimum Gasteiger partial charge on any atom is -0.348 e. The minimum absolute atomic E-state index is 0.0728. The minimum atomic E-state index is -0.0992. The van der Waals surface area contributed by atoms with Crippen LogP contribution in [0.25, 0.3) is 0 Å². The van der Waals surface area contributed by atoms with Crippen molar-refractivity contribution in [1.82, 2.24) is 15.5 Å². The molecule has 0 aliphatic carbocycles. The summed E-state index contributed by atoms with van der Waals surface area (Å²) in [5.74, 6) is -0.0265. The second-order valence-corrected chi connectivity index (χ2v) is 6.14. The molecule has 1 saturated heterocycles. The summed E-state index contributed by atoms with van der Waals surface area (Å²) in [7, 11) is 0. The van der Waals surface area contributed by atoms with Crippen LogP contribution in [0.4, 0.5) is 0 Å². The highest BCUT2D eigenvalue weighted by Gasteiger charge is 2.16. The van der Waals surface area contributed by atoms with Crippen LogP contribution in [-0.2, 0) is 6.54 Å². The molecule has 1 fully saturated rings. The van der Waals surface area contributed by atoms with Gasteiger partial charge in [-0.25, -0.2) is 0 Å². The normalized spacial score (nSPS) is 14.6. The average molecular weight is 337 g/mol. The van der Waals surface area contributed by atoms with Gasteiger partial charge in [0, 0.05) is 37.3 Å². The summed E-state index contributed by atoms with van der Waals surface area (Å²) in [6.45, 7) is 3.78. The van der Waals surface area contributed by atoms with Crippen LogP contribution in [0.5, 0.6) is 0 Å². The zero-order chi connectivity index (χ0) is 17.5. The van der Waals surface area contributed by atoms with E-state index in [9.17, 15) is 9.59 Å². The summed E-state index contributed by atoms with van der Waals surface area (Å²) in [6, 6.07) is 16.6. The summed E-state index contributed by atoms with van der Waals surface area (Å²) in [5, 5.41) is 6.19. The van der Waals surface area contributed by atoms with Crippen molar-refractivity contribution in [3.8, 4) is 0 Å². The van der Waals surface area contributed by atoms with E-state index in [-0.39, 0.29) is 11.8 Å². The van der Waals surface area contributed by atoms with Gasteiger partial charge in [0.05, 0.1) is 0 Å². The average Bonchev–Trinajstić information content (AvgIpc) is 2.96. The summed E-state index contributed by atoms with van der Waals surface area (Å²) in [4.78, 5) is 26.5. The van der Waals surface area contributed by atoms with Crippen LogP contribution in [0.3, 0.4) is 0 Å². The van der Waals surface area contributed by atoms with E-state index in [1.54, 1.807) is 12.1 Å². The van der Waals surface area contributed by atoms with E-state index < -0.39 is 0 Å². The monoisotopic (exact) mass is 337 g/mol. The molecule has 0 atom stereocenters. The molecule has 5 heteroatoms. The molecule has 1 aliphatic heterocycles. The van der Waals surface area contributed by atoms with Crippen molar-refractivity contribution in [1.29, 1.82) is 0 Å². The largest absolute Gasteiger partial charge is 0.348 e. The Kier molecular flexibility index (Phi) is 5.80. The number of carbonyl (C=O) groups excluding carboxylic acids is 2. The molecule has 2 amide bonds. The molecule has 3 rings (SSSR count). The number of nitrogens with zero attached hydrogens (tertiary/aromatic N) is 1. The van der Waals surface area contributed by atoms with E-state index in [0.29, 0.717) is 17.7 Å². The van der Waals surface area contributed by atoms with Crippen LogP contribution in [0.1, 0.15) is 32.7 Å². The number of hydrogen-bond donors (Lipinski definition) is 2. The van der Waals surface area contributed by atoms with Gasteiger partial charge in [0.15, 0.2) is 0 Å². The molecular formula is C20H23N3O2. The number of hydrogen-bond acceptors (Lipinski definition) is 3. The van der Waals surface area contributed by atoms with Crippen LogP contribution in [0, 0.1) is 0 Å². The lowest BCUT2D eigenvalue weighted by atomic mass is 10.1. The highest BCUT2D eigenvalue weighted by Crippen LogP contribution is 2.09. The molecule has 0 radical (unpaired) electrons. The van der Waals surface area contributed by atoms with Gasteiger partial charge >= 0.3 is 0 Å². The summed E-state index contributed by atoms with van der Waals surface area (Å²) >= 11 is 0. The molecule has 5 nitrogen and oxygen atoms in total. The zero-order valence-electron chi connectivity index (χ0n) is 14.2. The Morgan fingerprint density at radius 1 is 0.920 bits per heavy atom. The van der Waals surface area contributed by atoms with E-state index in [4.69, 9.17) is 0 Å². The lowest BCUT2D eigenvalue weighted by molar-refractivity contribution is 0.0766. The quantitative estimate of drug-likeness (QED) is 0.898. The maximum atomic E-state index is 12.5. The molecule has 25 heavy (non-hydrogen) atoms. The Morgan fingerprint density at radius 3 is 2.44 bits per heavy atom. The van der Waals surface area contributed by atoms with Crippen molar-refractivity contribution < 1.29 is 9.59 Å². The summed E-state index contributed by atoms with van der Waals surface area (Å²) in [6.07, 6.45) is 0.981. The van der Waals surface area contributed by atoms with Crippen molar-refractivity contribution in [2.75, 3.05) is 26.2 Å². The molecule has 0 bridgehead atoms. The van der Waals surface area contributed by atoms with E-state index >= 15 is 0 Å². The highest BCUT2D eigenvalue weighted by molar-refractivity contribution is 5.95. The van der Waals surface area contributed by atoms with E-state index in [1.807, 2.05) is 47.4 Å². The summed E-state index contributed by atoms with van der Waals surface area (Å²) < 4.78 is 0. The van der Waals surface area contributed by atoms with Gasteiger partial charge in [-0.1, -0.05) is 30.3 Å². The first-order chi connectivity index (χ1) is 12.2. The molecular weight excluding hydrogens is 314 g/mol. The Hall–Kier alpha value is -2.66. The number of rotatable bonds is 4. The van der Waals surface area contributed by atoms with Crippen LogP contribution < -0.4 is 10.6 Å². The van der Waals surface area contributed by atoms with Gasteiger partial charge in [-0.3, -0.25) is 9.59 Å². The first-order valence-corrected chi connectivity index (χ1v) is 8.66. The summed E-state index contributed by atoms with van der Waals surface area (Å²) in [5.41, 5.74) is 2.31. The van der Waals surface area contributed by atoms with Gasteiger partial charge in [-0.15, -0.1) is 0 Å². The zero-order valence-corrected chi connectivity index (χ0v) is 14.2. The van der Waals surface area contributed by atoms with Crippen LogP contribution in [-0.4, -0.2) is 42.9 Å². The number of benzene rings is 2. The van der Waals surface area contributed by atoms with Crippen LogP contribution in [0.2, 0.25) is 0 Å². The third-order valence-corrected chi connectivity index (χ3v) is 4.32. The predicted octanol–water partition coefficient (Wildman–Crippen LogP) is 2.05. The van der Waals surface area contributed by atoms with Gasteiger partial charge in [0.25, 0.3) is 11.8 Å². The fourth-order valence-corrected chi connectivity index (χ4v) is 2.87. The molecule has 2 aromatic rings. The molecule has 0 saturated carbocycles. The first kappa shape index (κ1) is 17.2. The Balaban J connectivity index is 1.56. The Morgan fingerprint density at radius 2 is 1.68 bits per heavy atom. The van der Waals surface area contributed by atoms with Crippen molar-refractivity contribution >= 4 is 11.8 Å². The number of amides is 2. The van der Waals surface area contributed by atoms with Gasteiger partial charge in [-0.05, 0) is 42.8 Å². The van der Waals surface area contributed by atoms with Gasteiger partial charge in [-0.2, -0.15) is 0 Å². The SMILES string of the molecule is O=C(NCc1ccc(C(=O)N2CCCNCC2)cc1)c1ccccc1. The number of nitrogens with one attached hydrogen (secondary N) is 2. The van der Waals surface area contributed by atoms with Crippen molar-refractivity contribution in [2.24, 2.45) is 0 Å². The van der Waals surface area contributed by atoms with E-state index in [0.717, 1.165) is 38.2 Å². The van der Waals surface area contributed by atoms with Gasteiger partial charge in [0.1, 0.15) is 0 Å². The van der Waals surface area contributed by atoms with Crippen molar-refractivity contribution in [2.45, 2.75) is 13.0 Å². The van der Waals surface area contributed by atoms with Crippen LogP contribution >= 0.6 is 0 Å². The topological polar surface area (TPSA) is 61.4 Å². The fourth-order valence-electron chi connectivity index (χ4n) is 2.87. The molecule has 2 N–H and O–H groups in total. The smallest absolute Gasteiger partial charge is 0.253 e. The molecule has 1 aliphatic rings. The molecule has 0 unspecified atom stereocenters. The Bertz CT molecular complexity index is 705. The van der Waals surface area contributed by atoms with E-state index in [1.165, 1.54) is 0 Å². The molecule has 1 heterocycles. The third kappa shape index (κ3) is 4.67. The maximum absolute atomic E-state index is 12.5. The first-order valence-electron chi connectivity index (χ1n) is 8.66. The predicted molar refractivity (Wildman–Crippen MR) is 97.4 cm³/mol. The van der Waals surface area contributed by atoms with Crippen molar-refractivity contribution in [3.63, 3.8) is 0 Å². The lowest BCUT2D eigenvalue weighted by Gasteiger charge is -2.20. The Labute approximate surface area is 148 Å². The fraction of sp³-hybridized carbons (Fsp3) is 0.300. The molecule has 0 spiro atoms. The second kappa shape index (κ2) is 8.44. The molecule has 0 aromatic heterocycles. The second-order valence-electron chi connectivity index (χ2n) is 6.14. The maximum Gasteiger partial charge on any atom is 0.253 e. The third-order valence-electron chi connectivity index (χ3n) is 4.32. The van der Waals surface area contributed by atoms with Crippen molar-refractivity contribution in [3.05, 3.63) is 71.3 Å². The van der Waals surface area contributed by atoms with Gasteiger partial charge in [0.2, 0.25) is 0 Å². The molecule has 2 aromatic carbocycles. The standard InChI is InChI=1S/C20H23N3O2/c24-19(17-5-2-1-3-6-17)22-15-16-7-9-18(10-8-16)20(25)23-13-4-11-21-12-14-23/h1-3,5-10,21H,4,11-15H2,(H,22,24). The highest BCUT2D eigenvalue weighted by atomic mass is 16.2. The number of carbonyl (C=O) groups is 2. The molecule has 130 valence electrons. The van der Waals surface area contributed by atoms with Gasteiger partial charge < -0.3 is 15.5 Å².